The fourth-order valence-electron chi connectivity index (χ4n) is 2.14. The molecule has 4 heteroatoms. The first-order chi connectivity index (χ1) is 7.22. The van der Waals surface area contributed by atoms with E-state index in [1.165, 1.54) is 18.4 Å². The highest BCUT2D eigenvalue weighted by Crippen LogP contribution is 2.30. The smallest absolute Gasteiger partial charge is 0.131 e. The molecule has 0 aromatic carbocycles. The largest absolute Gasteiger partial charge is 0.258 e. The summed E-state index contributed by atoms with van der Waals surface area (Å²) >= 11 is 5.92. The Morgan fingerprint density at radius 3 is 3.07 bits per heavy atom. The maximum absolute atomic E-state index is 5.92. The minimum absolute atomic E-state index is 0.443. The zero-order valence-electron chi connectivity index (χ0n) is 9.13. The van der Waals surface area contributed by atoms with Gasteiger partial charge >= 0.3 is 0 Å². The van der Waals surface area contributed by atoms with Crippen LogP contribution in [0.25, 0.3) is 0 Å². The van der Waals surface area contributed by atoms with Gasteiger partial charge in [0.05, 0.1) is 6.04 Å². The van der Waals surface area contributed by atoms with E-state index in [-0.39, 0.29) is 0 Å². The van der Waals surface area contributed by atoms with E-state index >= 15 is 0 Å². The van der Waals surface area contributed by atoms with E-state index in [9.17, 15) is 0 Å². The number of hydrogen-bond donors (Lipinski definition) is 1. The molecular weight excluding hydrogens is 210 g/mol. The summed E-state index contributed by atoms with van der Waals surface area (Å²) in [6.45, 7) is 3.10. The van der Waals surface area contributed by atoms with E-state index in [1.807, 2.05) is 20.2 Å². The van der Waals surface area contributed by atoms with E-state index in [0.717, 1.165) is 12.1 Å². The van der Waals surface area contributed by atoms with E-state index in [1.54, 1.807) is 0 Å². The van der Waals surface area contributed by atoms with E-state index < -0.39 is 0 Å². The highest BCUT2D eigenvalue weighted by atomic mass is 35.5. The van der Waals surface area contributed by atoms with E-state index in [2.05, 4.69) is 21.5 Å². The fraction of sp³-hybridized carbons (Fsp3) is 0.545. The predicted molar refractivity (Wildman–Crippen MR) is 61.7 cm³/mol. The molecule has 2 rings (SSSR count). The summed E-state index contributed by atoms with van der Waals surface area (Å²) in [5.74, 6) is 0. The van der Waals surface area contributed by atoms with Gasteiger partial charge in [-0.1, -0.05) is 11.6 Å². The number of nitrogens with one attached hydrogen (secondary N) is 1. The summed E-state index contributed by atoms with van der Waals surface area (Å²) in [4.78, 5) is 4.20. The molecule has 1 N–H and O–H groups in total. The van der Waals surface area contributed by atoms with E-state index in [4.69, 9.17) is 11.6 Å². The maximum atomic E-state index is 5.92. The minimum Gasteiger partial charge on any atom is -0.258 e. The third-order valence-corrected chi connectivity index (χ3v) is 3.36. The van der Waals surface area contributed by atoms with Crippen molar-refractivity contribution in [2.24, 2.45) is 0 Å². The topological polar surface area (TPSA) is 28.2 Å². The molecule has 1 atom stereocenters. The first-order valence-electron chi connectivity index (χ1n) is 5.28. The Bertz CT molecular complexity index is 354. The van der Waals surface area contributed by atoms with Crippen molar-refractivity contribution in [2.45, 2.75) is 25.8 Å². The van der Waals surface area contributed by atoms with Gasteiger partial charge in [-0.2, -0.15) is 0 Å². The highest BCUT2D eigenvalue weighted by Gasteiger charge is 2.25. The van der Waals surface area contributed by atoms with Gasteiger partial charge in [-0.05, 0) is 44.0 Å². The molecule has 1 unspecified atom stereocenters. The van der Waals surface area contributed by atoms with Crippen LogP contribution in [0.1, 0.15) is 30.0 Å². The number of rotatable bonds is 2. The van der Waals surface area contributed by atoms with Gasteiger partial charge in [0.1, 0.15) is 5.15 Å². The molecule has 1 aliphatic heterocycles. The van der Waals surface area contributed by atoms with Crippen LogP contribution in [-0.2, 0) is 0 Å². The van der Waals surface area contributed by atoms with Gasteiger partial charge in [-0.3, -0.25) is 5.43 Å². The first-order valence-corrected chi connectivity index (χ1v) is 5.66. The lowest BCUT2D eigenvalue weighted by atomic mass is 10.1. The van der Waals surface area contributed by atoms with Crippen molar-refractivity contribution in [1.82, 2.24) is 15.4 Å². The van der Waals surface area contributed by atoms with Crippen LogP contribution in [0.15, 0.2) is 12.3 Å². The molecule has 1 fully saturated rings. The van der Waals surface area contributed by atoms with Crippen molar-refractivity contribution in [1.29, 1.82) is 0 Å². The molecule has 1 saturated heterocycles. The molecule has 15 heavy (non-hydrogen) atoms. The molecular formula is C11H16ClN3. The molecule has 0 amide bonds. The Morgan fingerprint density at radius 1 is 1.60 bits per heavy atom. The molecule has 1 aliphatic rings. The molecule has 0 radical (unpaired) electrons. The Hall–Kier alpha value is -0.640. The quantitative estimate of drug-likeness (QED) is 0.783. The number of pyridine rings is 1. The minimum atomic E-state index is 0.443. The van der Waals surface area contributed by atoms with Crippen LogP contribution < -0.4 is 5.43 Å². The van der Waals surface area contributed by atoms with Crippen LogP contribution in [0, 0.1) is 6.92 Å². The lowest BCUT2D eigenvalue weighted by Crippen LogP contribution is -2.34. The lowest BCUT2D eigenvalue weighted by Gasteiger charge is -2.23. The van der Waals surface area contributed by atoms with Gasteiger partial charge in [0.25, 0.3) is 0 Å². The highest BCUT2D eigenvalue weighted by molar-refractivity contribution is 6.30. The average molecular weight is 226 g/mol. The Balaban J connectivity index is 2.25. The van der Waals surface area contributed by atoms with Crippen LogP contribution in [0.4, 0.5) is 0 Å². The van der Waals surface area contributed by atoms with Crippen molar-refractivity contribution in [3.63, 3.8) is 0 Å². The monoisotopic (exact) mass is 225 g/mol. The van der Waals surface area contributed by atoms with E-state index in [0.29, 0.717) is 11.2 Å². The normalized spacial score (nSPS) is 22.2. The predicted octanol–water partition coefficient (Wildman–Crippen LogP) is 2.31. The van der Waals surface area contributed by atoms with Crippen molar-refractivity contribution >= 4 is 11.6 Å². The second-order valence-electron chi connectivity index (χ2n) is 3.95. The van der Waals surface area contributed by atoms with Crippen LogP contribution in [0.5, 0.6) is 0 Å². The summed E-state index contributed by atoms with van der Waals surface area (Å²) in [7, 11) is 1.97. The molecule has 1 aromatic heterocycles. The summed E-state index contributed by atoms with van der Waals surface area (Å²) in [5, 5.41) is 2.86. The average Bonchev–Trinajstić information content (AvgIpc) is 2.70. The number of hydrazine groups is 1. The fourth-order valence-corrected chi connectivity index (χ4v) is 2.25. The number of hydrogen-bond acceptors (Lipinski definition) is 3. The second-order valence-corrected chi connectivity index (χ2v) is 4.31. The Kier molecular flexibility index (Phi) is 3.24. The van der Waals surface area contributed by atoms with Crippen LogP contribution in [0.3, 0.4) is 0 Å². The Morgan fingerprint density at radius 2 is 2.40 bits per heavy atom. The zero-order chi connectivity index (χ0) is 10.8. The molecule has 0 aliphatic carbocycles. The number of aryl methyl sites for hydroxylation is 1. The molecule has 82 valence electrons. The van der Waals surface area contributed by atoms with Crippen LogP contribution >= 0.6 is 11.6 Å². The summed E-state index contributed by atoms with van der Waals surface area (Å²) in [6, 6.07) is 2.58. The second kappa shape index (κ2) is 4.47. The van der Waals surface area contributed by atoms with Gasteiger partial charge in [0, 0.05) is 12.7 Å². The van der Waals surface area contributed by atoms with Crippen LogP contribution in [0.2, 0.25) is 5.15 Å². The molecule has 0 bridgehead atoms. The van der Waals surface area contributed by atoms with Crippen molar-refractivity contribution in [3.8, 4) is 0 Å². The molecule has 2 heterocycles. The SMILES string of the molecule is CNN1CCCC1c1cnc(Cl)c(C)c1. The number of nitrogens with zero attached hydrogens (tertiary/aromatic N) is 2. The zero-order valence-corrected chi connectivity index (χ0v) is 9.88. The summed E-state index contributed by atoms with van der Waals surface area (Å²) < 4.78 is 0. The van der Waals surface area contributed by atoms with Gasteiger partial charge in [-0.15, -0.1) is 0 Å². The van der Waals surface area contributed by atoms with Crippen molar-refractivity contribution in [3.05, 3.63) is 28.5 Å². The maximum Gasteiger partial charge on any atom is 0.131 e. The molecule has 0 spiro atoms. The van der Waals surface area contributed by atoms with Crippen molar-refractivity contribution < 1.29 is 0 Å². The Labute approximate surface area is 95.4 Å². The van der Waals surface area contributed by atoms with Gasteiger partial charge < -0.3 is 0 Å². The third kappa shape index (κ3) is 2.14. The molecule has 3 nitrogen and oxygen atoms in total. The van der Waals surface area contributed by atoms with Gasteiger partial charge in [0.15, 0.2) is 0 Å². The number of aromatic nitrogens is 1. The third-order valence-electron chi connectivity index (χ3n) is 2.96. The lowest BCUT2D eigenvalue weighted by molar-refractivity contribution is 0.190. The molecule has 0 saturated carbocycles. The number of halogens is 1. The van der Waals surface area contributed by atoms with Crippen LogP contribution in [-0.4, -0.2) is 23.6 Å². The standard InChI is InChI=1S/C11H16ClN3/c1-8-6-9(7-14-11(8)12)10-4-3-5-15(10)13-2/h6-7,10,13H,3-5H2,1-2H3. The summed E-state index contributed by atoms with van der Waals surface area (Å²) in [6.07, 6.45) is 4.30. The van der Waals surface area contributed by atoms with Gasteiger partial charge in [-0.25, -0.2) is 9.99 Å². The van der Waals surface area contributed by atoms with Crippen molar-refractivity contribution in [2.75, 3.05) is 13.6 Å². The molecule has 1 aromatic rings. The first kappa shape index (κ1) is 10.9. The summed E-state index contributed by atoms with van der Waals surface area (Å²) in [5.41, 5.74) is 5.53. The van der Waals surface area contributed by atoms with Gasteiger partial charge in [0.2, 0.25) is 0 Å².